The van der Waals surface area contributed by atoms with Crippen molar-refractivity contribution >= 4 is 26.0 Å². The van der Waals surface area contributed by atoms with Crippen LogP contribution in [0.5, 0.6) is 5.75 Å². The molecule has 0 bridgehead atoms. The summed E-state index contributed by atoms with van der Waals surface area (Å²) in [6, 6.07) is 5.27. The molecule has 0 unspecified atom stereocenters. The fraction of sp³-hybridized carbons (Fsp3) is 0.455. The van der Waals surface area contributed by atoms with Gasteiger partial charge in [0.1, 0.15) is 12.4 Å². The van der Waals surface area contributed by atoms with Crippen LogP contribution in [0.3, 0.4) is 0 Å². The minimum absolute atomic E-state index is 0.00719. The van der Waals surface area contributed by atoms with Gasteiger partial charge >= 0.3 is 0 Å². The third-order valence-corrected chi connectivity index (χ3v) is 3.18. The highest BCUT2D eigenvalue weighted by molar-refractivity contribution is 9.10. The average Bonchev–Trinajstić information content (AvgIpc) is 2.29. The van der Waals surface area contributed by atoms with E-state index < -0.39 is 10.1 Å². The zero-order valence-electron chi connectivity index (χ0n) is 10.2. The Balaban J connectivity index is 2.68. The highest BCUT2D eigenvalue weighted by Crippen LogP contribution is 2.26. The molecule has 0 N–H and O–H groups in total. The van der Waals surface area contributed by atoms with Crippen molar-refractivity contribution in [1.29, 1.82) is 0 Å². The van der Waals surface area contributed by atoms with Crippen molar-refractivity contribution in [3.05, 3.63) is 28.2 Å². The van der Waals surface area contributed by atoms with Crippen LogP contribution in [-0.2, 0) is 25.6 Å². The summed E-state index contributed by atoms with van der Waals surface area (Å²) < 4.78 is 37.6. The molecule has 0 radical (unpaired) electrons. The summed E-state index contributed by atoms with van der Waals surface area (Å²) in [7, 11) is -1.85. The zero-order valence-corrected chi connectivity index (χ0v) is 12.6. The summed E-state index contributed by atoms with van der Waals surface area (Å²) >= 11 is 3.35. The minimum atomic E-state index is -3.44. The van der Waals surface area contributed by atoms with E-state index in [0.717, 1.165) is 16.3 Å². The summed E-state index contributed by atoms with van der Waals surface area (Å²) in [5, 5.41) is 0. The first-order valence-electron chi connectivity index (χ1n) is 5.17. The van der Waals surface area contributed by atoms with Crippen LogP contribution < -0.4 is 4.74 Å². The van der Waals surface area contributed by atoms with Crippen molar-refractivity contribution in [2.24, 2.45) is 0 Å². The quantitative estimate of drug-likeness (QED) is 0.561. The molecule has 0 aliphatic heterocycles. The van der Waals surface area contributed by atoms with Crippen molar-refractivity contribution in [2.45, 2.75) is 6.61 Å². The van der Waals surface area contributed by atoms with E-state index in [2.05, 4.69) is 15.9 Å². The molecule has 5 nitrogen and oxygen atoms in total. The first-order valence-corrected chi connectivity index (χ1v) is 7.78. The molecule has 0 saturated heterocycles. The predicted octanol–water partition coefficient (Wildman–Crippen LogP) is 1.95. The number of benzene rings is 1. The van der Waals surface area contributed by atoms with Crippen LogP contribution in [0, 0.1) is 0 Å². The Hall–Kier alpha value is -0.630. The van der Waals surface area contributed by atoms with Crippen molar-refractivity contribution < 1.29 is 22.1 Å². The topological polar surface area (TPSA) is 61.8 Å². The molecule has 0 aromatic heterocycles. The van der Waals surface area contributed by atoms with E-state index in [9.17, 15) is 8.42 Å². The van der Waals surface area contributed by atoms with Gasteiger partial charge in [-0.1, -0.05) is 6.07 Å². The molecule has 0 fully saturated rings. The van der Waals surface area contributed by atoms with Gasteiger partial charge in [-0.05, 0) is 33.6 Å². The molecule has 7 heteroatoms. The van der Waals surface area contributed by atoms with Crippen LogP contribution in [0.2, 0.25) is 0 Å². The SMILES string of the molecule is COCCOc1cc(COS(C)(=O)=O)ccc1Br. The molecule has 0 aliphatic rings. The van der Waals surface area contributed by atoms with E-state index in [1.54, 1.807) is 25.3 Å². The fourth-order valence-corrected chi connectivity index (χ4v) is 1.87. The molecule has 1 aromatic rings. The van der Waals surface area contributed by atoms with Gasteiger partial charge in [0, 0.05) is 7.11 Å². The van der Waals surface area contributed by atoms with Gasteiger partial charge in [-0.25, -0.2) is 0 Å². The molecule has 1 rings (SSSR count). The molecular formula is C11H15BrO5S. The van der Waals surface area contributed by atoms with Crippen molar-refractivity contribution in [2.75, 3.05) is 26.6 Å². The van der Waals surface area contributed by atoms with E-state index in [1.807, 2.05) is 0 Å². The monoisotopic (exact) mass is 338 g/mol. The minimum Gasteiger partial charge on any atom is -0.490 e. The molecule has 18 heavy (non-hydrogen) atoms. The van der Waals surface area contributed by atoms with Gasteiger partial charge < -0.3 is 9.47 Å². The normalized spacial score (nSPS) is 11.5. The first kappa shape index (κ1) is 15.4. The Labute approximate surface area is 115 Å². The third-order valence-electron chi connectivity index (χ3n) is 1.98. The highest BCUT2D eigenvalue weighted by Gasteiger charge is 2.06. The first-order chi connectivity index (χ1) is 8.42. The Kier molecular flexibility index (Phi) is 6.07. The van der Waals surface area contributed by atoms with Gasteiger partial charge in [0.2, 0.25) is 0 Å². The number of hydrogen-bond donors (Lipinski definition) is 0. The van der Waals surface area contributed by atoms with Crippen molar-refractivity contribution in [3.63, 3.8) is 0 Å². The lowest BCUT2D eigenvalue weighted by Gasteiger charge is -2.09. The number of ether oxygens (including phenoxy) is 2. The Morgan fingerprint density at radius 1 is 1.28 bits per heavy atom. The largest absolute Gasteiger partial charge is 0.490 e. The van der Waals surface area contributed by atoms with Crippen molar-refractivity contribution in [3.8, 4) is 5.75 Å². The summed E-state index contributed by atoms with van der Waals surface area (Å²) in [5.74, 6) is 0.627. The van der Waals surface area contributed by atoms with Gasteiger partial charge in [-0.3, -0.25) is 4.18 Å². The second-order valence-corrected chi connectivity index (χ2v) is 6.07. The Morgan fingerprint density at radius 2 is 2.00 bits per heavy atom. The molecular weight excluding hydrogens is 324 g/mol. The summed E-state index contributed by atoms with van der Waals surface area (Å²) in [4.78, 5) is 0. The molecule has 0 atom stereocenters. The summed E-state index contributed by atoms with van der Waals surface area (Å²) in [5.41, 5.74) is 0.719. The Morgan fingerprint density at radius 3 is 2.61 bits per heavy atom. The maximum absolute atomic E-state index is 10.9. The van der Waals surface area contributed by atoms with Gasteiger partial charge in [0.25, 0.3) is 10.1 Å². The molecule has 102 valence electrons. The second-order valence-electron chi connectivity index (χ2n) is 3.57. The molecule has 1 aromatic carbocycles. The fourth-order valence-electron chi connectivity index (χ4n) is 1.16. The third kappa shape index (κ3) is 5.81. The molecule has 0 saturated carbocycles. The summed E-state index contributed by atoms with van der Waals surface area (Å²) in [6.07, 6.45) is 1.02. The standard InChI is InChI=1S/C11H15BrO5S/c1-15-5-6-16-11-7-9(3-4-10(11)12)8-17-18(2,13)14/h3-4,7H,5-6,8H2,1-2H3. The maximum Gasteiger partial charge on any atom is 0.264 e. The number of hydrogen-bond acceptors (Lipinski definition) is 5. The van der Waals surface area contributed by atoms with E-state index in [4.69, 9.17) is 13.7 Å². The zero-order chi connectivity index (χ0) is 13.6. The molecule has 0 aliphatic carbocycles. The van der Waals surface area contributed by atoms with Crippen LogP contribution in [0.1, 0.15) is 5.56 Å². The number of rotatable bonds is 7. The lowest BCUT2D eigenvalue weighted by Crippen LogP contribution is -2.06. The van der Waals surface area contributed by atoms with E-state index in [1.165, 1.54) is 0 Å². The van der Waals surface area contributed by atoms with Gasteiger partial charge in [0.05, 0.1) is 23.9 Å². The molecule has 0 spiro atoms. The maximum atomic E-state index is 10.9. The van der Waals surface area contributed by atoms with Crippen LogP contribution in [-0.4, -0.2) is 35.0 Å². The Bertz CT molecular complexity index is 486. The number of methoxy groups -OCH3 is 1. The van der Waals surface area contributed by atoms with Crippen LogP contribution in [0.25, 0.3) is 0 Å². The van der Waals surface area contributed by atoms with Gasteiger partial charge in [-0.15, -0.1) is 0 Å². The van der Waals surface area contributed by atoms with E-state index in [-0.39, 0.29) is 6.61 Å². The van der Waals surface area contributed by atoms with Gasteiger partial charge in [0.15, 0.2) is 0 Å². The van der Waals surface area contributed by atoms with Crippen LogP contribution >= 0.6 is 15.9 Å². The van der Waals surface area contributed by atoms with Crippen LogP contribution in [0.4, 0.5) is 0 Å². The second kappa shape index (κ2) is 7.08. The number of halogens is 1. The smallest absolute Gasteiger partial charge is 0.264 e. The van der Waals surface area contributed by atoms with Gasteiger partial charge in [-0.2, -0.15) is 8.42 Å². The summed E-state index contributed by atoms with van der Waals surface area (Å²) in [6.45, 7) is 0.898. The average molecular weight is 339 g/mol. The van der Waals surface area contributed by atoms with Crippen molar-refractivity contribution in [1.82, 2.24) is 0 Å². The van der Waals surface area contributed by atoms with E-state index in [0.29, 0.717) is 19.0 Å². The molecule has 0 heterocycles. The predicted molar refractivity (Wildman–Crippen MR) is 71.1 cm³/mol. The van der Waals surface area contributed by atoms with Crippen LogP contribution in [0.15, 0.2) is 22.7 Å². The molecule has 0 amide bonds. The lowest BCUT2D eigenvalue weighted by atomic mass is 10.2. The highest BCUT2D eigenvalue weighted by atomic mass is 79.9. The lowest BCUT2D eigenvalue weighted by molar-refractivity contribution is 0.146. The van der Waals surface area contributed by atoms with E-state index >= 15 is 0 Å².